The Morgan fingerprint density at radius 2 is 1.88 bits per heavy atom. The molecular formula is C19H29N3O2. The van der Waals surface area contributed by atoms with Gasteiger partial charge in [0, 0.05) is 30.9 Å². The number of rotatable bonds is 8. The molecule has 132 valence electrons. The van der Waals surface area contributed by atoms with Gasteiger partial charge in [0.2, 0.25) is 0 Å². The van der Waals surface area contributed by atoms with Crippen LogP contribution in [-0.4, -0.2) is 27.5 Å². The first-order chi connectivity index (χ1) is 11.4. The second kappa shape index (κ2) is 8.31. The minimum Gasteiger partial charge on any atom is -0.491 e. The van der Waals surface area contributed by atoms with Crippen LogP contribution in [0.15, 0.2) is 24.3 Å². The quantitative estimate of drug-likeness (QED) is 0.780. The van der Waals surface area contributed by atoms with Crippen molar-refractivity contribution >= 4 is 0 Å². The molecule has 0 aliphatic heterocycles. The summed E-state index contributed by atoms with van der Waals surface area (Å²) in [5, 5.41) is 18.2. The zero-order valence-corrected chi connectivity index (χ0v) is 15.3. The number of aliphatic hydroxyl groups is 1. The first-order valence-corrected chi connectivity index (χ1v) is 8.60. The van der Waals surface area contributed by atoms with Crippen LogP contribution in [0.25, 0.3) is 0 Å². The summed E-state index contributed by atoms with van der Waals surface area (Å²) in [6.45, 7) is 12.3. The second-order valence-electron chi connectivity index (χ2n) is 6.35. The molecule has 0 bridgehead atoms. The van der Waals surface area contributed by atoms with E-state index in [1.54, 1.807) is 0 Å². The van der Waals surface area contributed by atoms with Gasteiger partial charge in [0.15, 0.2) is 0 Å². The molecule has 24 heavy (non-hydrogen) atoms. The van der Waals surface area contributed by atoms with E-state index in [0.717, 1.165) is 23.6 Å². The van der Waals surface area contributed by atoms with E-state index in [9.17, 15) is 5.11 Å². The van der Waals surface area contributed by atoms with Crippen LogP contribution in [0.1, 0.15) is 49.4 Å². The Morgan fingerprint density at radius 1 is 1.21 bits per heavy atom. The van der Waals surface area contributed by atoms with Crippen LogP contribution in [0.4, 0.5) is 0 Å². The molecule has 5 heteroatoms. The van der Waals surface area contributed by atoms with E-state index in [1.807, 2.05) is 49.7 Å². The summed E-state index contributed by atoms with van der Waals surface area (Å²) in [7, 11) is 0. The number of aliphatic hydroxyl groups excluding tert-OH is 1. The van der Waals surface area contributed by atoms with Crippen LogP contribution in [0.3, 0.4) is 0 Å². The van der Waals surface area contributed by atoms with Crippen molar-refractivity contribution in [3.63, 3.8) is 0 Å². The fraction of sp³-hybridized carbons (Fsp3) is 0.526. The molecule has 1 aromatic carbocycles. The maximum Gasteiger partial charge on any atom is 0.119 e. The Kier molecular flexibility index (Phi) is 6.40. The highest BCUT2D eigenvalue weighted by molar-refractivity contribution is 5.29. The minimum atomic E-state index is -0.542. The topological polar surface area (TPSA) is 59.3 Å². The van der Waals surface area contributed by atoms with Crippen LogP contribution in [0.2, 0.25) is 0 Å². The van der Waals surface area contributed by atoms with Crippen LogP contribution >= 0.6 is 0 Å². The van der Waals surface area contributed by atoms with Gasteiger partial charge in [-0.3, -0.25) is 4.68 Å². The van der Waals surface area contributed by atoms with Crippen LogP contribution in [0.5, 0.6) is 5.75 Å². The van der Waals surface area contributed by atoms with Gasteiger partial charge in [-0.1, -0.05) is 12.1 Å². The lowest BCUT2D eigenvalue weighted by Gasteiger charge is -2.14. The lowest BCUT2D eigenvalue weighted by atomic mass is 10.1. The number of aryl methyl sites for hydroxylation is 2. The van der Waals surface area contributed by atoms with E-state index in [1.165, 1.54) is 11.3 Å². The Labute approximate surface area is 144 Å². The molecular weight excluding hydrogens is 302 g/mol. The summed E-state index contributed by atoms with van der Waals surface area (Å²) in [6, 6.07) is 7.63. The maximum atomic E-state index is 10.3. The van der Waals surface area contributed by atoms with E-state index >= 15 is 0 Å². The van der Waals surface area contributed by atoms with Gasteiger partial charge in [0.05, 0.1) is 17.9 Å². The van der Waals surface area contributed by atoms with Gasteiger partial charge < -0.3 is 15.2 Å². The summed E-state index contributed by atoms with van der Waals surface area (Å²) in [5.74, 6) is 0.826. The molecule has 0 radical (unpaired) electrons. The predicted octanol–water partition coefficient (Wildman–Crippen LogP) is 3.13. The molecule has 1 heterocycles. The lowest BCUT2D eigenvalue weighted by molar-refractivity contribution is 0.174. The summed E-state index contributed by atoms with van der Waals surface area (Å²) in [4.78, 5) is 0. The van der Waals surface area contributed by atoms with E-state index < -0.39 is 6.10 Å². The number of aromatic nitrogens is 2. The van der Waals surface area contributed by atoms with Crippen molar-refractivity contribution in [3.8, 4) is 5.75 Å². The summed E-state index contributed by atoms with van der Waals surface area (Å²) in [6.07, 6.45) is -0.391. The number of nitrogens with one attached hydrogen (secondary N) is 1. The summed E-state index contributed by atoms with van der Waals surface area (Å²) in [5.41, 5.74) is 4.33. The highest BCUT2D eigenvalue weighted by atomic mass is 16.5. The highest BCUT2D eigenvalue weighted by Gasteiger charge is 2.12. The Morgan fingerprint density at radius 3 is 2.42 bits per heavy atom. The highest BCUT2D eigenvalue weighted by Crippen LogP contribution is 2.19. The van der Waals surface area contributed by atoms with Crippen molar-refractivity contribution in [3.05, 3.63) is 46.8 Å². The minimum absolute atomic E-state index is 0.151. The SMILES string of the molecule is CCn1nc(C)c(CNCC(O)c2ccc(OC(C)C)cc2)c1C. The van der Waals surface area contributed by atoms with E-state index in [0.29, 0.717) is 13.1 Å². The second-order valence-corrected chi connectivity index (χ2v) is 6.35. The van der Waals surface area contributed by atoms with Crippen molar-refractivity contribution in [1.29, 1.82) is 0 Å². The lowest BCUT2D eigenvalue weighted by Crippen LogP contribution is -2.21. The number of benzene rings is 1. The Bertz CT molecular complexity index is 647. The molecule has 0 aliphatic carbocycles. The molecule has 0 aliphatic rings. The molecule has 1 atom stereocenters. The standard InChI is InChI=1S/C19H29N3O2/c1-6-22-15(5)18(14(4)21-22)11-20-12-19(23)16-7-9-17(10-8-16)24-13(2)3/h7-10,13,19-20,23H,6,11-12H2,1-5H3. The molecule has 1 unspecified atom stereocenters. The van der Waals surface area contributed by atoms with E-state index in [-0.39, 0.29) is 6.10 Å². The van der Waals surface area contributed by atoms with Crippen LogP contribution < -0.4 is 10.1 Å². The first kappa shape index (κ1) is 18.5. The average Bonchev–Trinajstić information content (AvgIpc) is 2.82. The van der Waals surface area contributed by atoms with Crippen molar-refractivity contribution < 1.29 is 9.84 Å². The number of hydrogen-bond donors (Lipinski definition) is 2. The van der Waals surface area contributed by atoms with Crippen molar-refractivity contribution in [2.24, 2.45) is 0 Å². The molecule has 0 saturated heterocycles. The zero-order chi connectivity index (χ0) is 17.7. The fourth-order valence-electron chi connectivity index (χ4n) is 2.79. The third kappa shape index (κ3) is 4.58. The van der Waals surface area contributed by atoms with Crippen LogP contribution in [-0.2, 0) is 13.1 Å². The van der Waals surface area contributed by atoms with Gasteiger partial charge in [-0.25, -0.2) is 0 Å². The number of ether oxygens (including phenoxy) is 1. The summed E-state index contributed by atoms with van der Waals surface area (Å²) >= 11 is 0. The van der Waals surface area contributed by atoms with Gasteiger partial charge in [0.1, 0.15) is 5.75 Å². The fourth-order valence-corrected chi connectivity index (χ4v) is 2.79. The Balaban J connectivity index is 1.89. The third-order valence-electron chi connectivity index (χ3n) is 4.11. The number of hydrogen-bond acceptors (Lipinski definition) is 4. The van der Waals surface area contributed by atoms with Crippen molar-refractivity contribution in [1.82, 2.24) is 15.1 Å². The van der Waals surface area contributed by atoms with Gasteiger partial charge in [-0.05, 0) is 52.3 Å². The molecule has 0 spiro atoms. The predicted molar refractivity (Wildman–Crippen MR) is 96.2 cm³/mol. The zero-order valence-electron chi connectivity index (χ0n) is 15.3. The molecule has 0 amide bonds. The van der Waals surface area contributed by atoms with Gasteiger partial charge in [-0.2, -0.15) is 5.10 Å². The number of nitrogens with zero attached hydrogens (tertiary/aromatic N) is 2. The molecule has 0 fully saturated rings. The molecule has 1 aromatic heterocycles. The van der Waals surface area contributed by atoms with E-state index in [2.05, 4.69) is 24.3 Å². The maximum absolute atomic E-state index is 10.3. The van der Waals surface area contributed by atoms with Gasteiger partial charge >= 0.3 is 0 Å². The molecule has 5 nitrogen and oxygen atoms in total. The van der Waals surface area contributed by atoms with Gasteiger partial charge in [0.25, 0.3) is 0 Å². The Hall–Kier alpha value is -1.85. The first-order valence-electron chi connectivity index (χ1n) is 8.60. The van der Waals surface area contributed by atoms with Crippen LogP contribution in [0, 0.1) is 13.8 Å². The van der Waals surface area contributed by atoms with Crippen molar-refractivity contribution in [2.45, 2.75) is 59.9 Å². The smallest absolute Gasteiger partial charge is 0.119 e. The summed E-state index contributed by atoms with van der Waals surface area (Å²) < 4.78 is 7.63. The monoisotopic (exact) mass is 331 g/mol. The van der Waals surface area contributed by atoms with Gasteiger partial charge in [-0.15, -0.1) is 0 Å². The normalized spacial score (nSPS) is 12.6. The molecule has 2 aromatic rings. The third-order valence-corrected chi connectivity index (χ3v) is 4.11. The van der Waals surface area contributed by atoms with Crippen molar-refractivity contribution in [2.75, 3.05) is 6.54 Å². The largest absolute Gasteiger partial charge is 0.491 e. The van der Waals surface area contributed by atoms with E-state index in [4.69, 9.17) is 4.74 Å². The average molecular weight is 331 g/mol. The molecule has 0 saturated carbocycles. The molecule has 2 rings (SSSR count). The molecule has 2 N–H and O–H groups in total.